The summed E-state index contributed by atoms with van der Waals surface area (Å²) in [6, 6.07) is 2.27. The maximum absolute atomic E-state index is 5.89. The summed E-state index contributed by atoms with van der Waals surface area (Å²) in [7, 11) is 0. The van der Waals surface area contributed by atoms with Crippen LogP contribution in [0.25, 0.3) is 0 Å². The summed E-state index contributed by atoms with van der Waals surface area (Å²) in [6.45, 7) is 0. The van der Waals surface area contributed by atoms with Gasteiger partial charge < -0.3 is 5.32 Å². The van der Waals surface area contributed by atoms with Crippen molar-refractivity contribution in [2.24, 2.45) is 5.92 Å². The zero-order chi connectivity index (χ0) is 9.80. The van der Waals surface area contributed by atoms with Crippen LogP contribution in [0.3, 0.4) is 0 Å². The number of hydrogen-bond donors (Lipinski definition) is 1. The van der Waals surface area contributed by atoms with E-state index in [9.17, 15) is 0 Å². The quantitative estimate of drug-likeness (QED) is 0.780. The Balaban J connectivity index is 1.97. The second kappa shape index (κ2) is 4.60. The van der Waals surface area contributed by atoms with Crippen LogP contribution in [0.1, 0.15) is 19.3 Å². The SMILES string of the molecule is ClCC1CCCC1Nc1ncccn1. The molecule has 1 aromatic rings. The topological polar surface area (TPSA) is 37.8 Å². The average molecular weight is 212 g/mol. The highest BCUT2D eigenvalue weighted by Gasteiger charge is 2.26. The molecule has 14 heavy (non-hydrogen) atoms. The zero-order valence-corrected chi connectivity index (χ0v) is 8.74. The van der Waals surface area contributed by atoms with Crippen LogP contribution in [-0.2, 0) is 0 Å². The van der Waals surface area contributed by atoms with E-state index in [0.717, 1.165) is 11.8 Å². The Kier molecular flexibility index (Phi) is 3.19. The van der Waals surface area contributed by atoms with Gasteiger partial charge in [-0.05, 0) is 24.8 Å². The fourth-order valence-corrected chi connectivity index (χ4v) is 2.32. The van der Waals surface area contributed by atoms with Crippen molar-refractivity contribution in [3.63, 3.8) is 0 Å². The molecule has 1 aromatic heterocycles. The third kappa shape index (κ3) is 2.15. The summed E-state index contributed by atoms with van der Waals surface area (Å²) >= 11 is 5.89. The van der Waals surface area contributed by atoms with E-state index in [1.165, 1.54) is 19.3 Å². The van der Waals surface area contributed by atoms with Crippen LogP contribution in [0.5, 0.6) is 0 Å². The Bertz CT molecular complexity index is 278. The Morgan fingerprint density at radius 1 is 1.36 bits per heavy atom. The summed E-state index contributed by atoms with van der Waals surface area (Å²) in [4.78, 5) is 8.29. The van der Waals surface area contributed by atoms with E-state index >= 15 is 0 Å². The van der Waals surface area contributed by atoms with Gasteiger partial charge in [-0.3, -0.25) is 0 Å². The summed E-state index contributed by atoms with van der Waals surface area (Å²) in [5, 5.41) is 3.34. The molecular formula is C10H14ClN3. The molecule has 3 nitrogen and oxygen atoms in total. The highest BCUT2D eigenvalue weighted by molar-refractivity contribution is 6.18. The van der Waals surface area contributed by atoms with E-state index in [1.807, 2.05) is 6.07 Å². The first-order chi connectivity index (χ1) is 6.90. The minimum absolute atomic E-state index is 0.454. The fraction of sp³-hybridized carbons (Fsp3) is 0.600. The summed E-state index contributed by atoms with van der Waals surface area (Å²) < 4.78 is 0. The molecule has 2 rings (SSSR count). The lowest BCUT2D eigenvalue weighted by atomic mass is 10.1. The molecule has 1 saturated carbocycles. The van der Waals surface area contributed by atoms with Crippen molar-refractivity contribution < 1.29 is 0 Å². The molecule has 1 heterocycles. The number of alkyl halides is 1. The number of aromatic nitrogens is 2. The molecule has 0 spiro atoms. The minimum atomic E-state index is 0.454. The molecule has 0 amide bonds. The van der Waals surface area contributed by atoms with Crippen molar-refractivity contribution >= 4 is 17.5 Å². The first-order valence-corrected chi connectivity index (χ1v) is 5.53. The number of nitrogens with one attached hydrogen (secondary N) is 1. The number of rotatable bonds is 3. The van der Waals surface area contributed by atoms with Gasteiger partial charge >= 0.3 is 0 Å². The highest BCUT2D eigenvalue weighted by Crippen LogP contribution is 2.28. The molecule has 1 fully saturated rings. The van der Waals surface area contributed by atoms with Crippen molar-refractivity contribution in [3.8, 4) is 0 Å². The molecule has 0 saturated heterocycles. The van der Waals surface area contributed by atoms with Gasteiger partial charge in [-0.25, -0.2) is 9.97 Å². The van der Waals surface area contributed by atoms with Crippen LogP contribution in [0.15, 0.2) is 18.5 Å². The van der Waals surface area contributed by atoms with E-state index in [2.05, 4.69) is 15.3 Å². The van der Waals surface area contributed by atoms with Crippen molar-refractivity contribution in [1.82, 2.24) is 9.97 Å². The minimum Gasteiger partial charge on any atom is -0.351 e. The Labute approximate surface area is 88.9 Å². The fourth-order valence-electron chi connectivity index (χ4n) is 1.95. The van der Waals surface area contributed by atoms with Crippen LogP contribution in [0.4, 0.5) is 5.95 Å². The van der Waals surface area contributed by atoms with Crippen molar-refractivity contribution in [2.45, 2.75) is 25.3 Å². The second-order valence-electron chi connectivity index (χ2n) is 3.67. The zero-order valence-electron chi connectivity index (χ0n) is 7.99. The molecule has 2 atom stereocenters. The summed E-state index contributed by atoms with van der Waals surface area (Å²) in [5.41, 5.74) is 0. The van der Waals surface area contributed by atoms with Gasteiger partial charge in [-0.1, -0.05) is 6.42 Å². The van der Waals surface area contributed by atoms with Crippen LogP contribution in [-0.4, -0.2) is 21.9 Å². The standard InChI is InChI=1S/C10H14ClN3/c11-7-8-3-1-4-9(8)14-10-12-5-2-6-13-10/h2,5-6,8-9H,1,3-4,7H2,(H,12,13,14). The second-order valence-corrected chi connectivity index (χ2v) is 3.98. The van der Waals surface area contributed by atoms with Crippen molar-refractivity contribution in [1.29, 1.82) is 0 Å². The Morgan fingerprint density at radius 2 is 2.14 bits per heavy atom. The monoisotopic (exact) mass is 211 g/mol. The smallest absolute Gasteiger partial charge is 0.222 e. The molecule has 2 unspecified atom stereocenters. The lowest BCUT2D eigenvalue weighted by molar-refractivity contribution is 0.559. The molecule has 0 aliphatic heterocycles. The van der Waals surface area contributed by atoms with Crippen LogP contribution in [0, 0.1) is 5.92 Å². The van der Waals surface area contributed by atoms with E-state index in [-0.39, 0.29) is 0 Å². The lowest BCUT2D eigenvalue weighted by Crippen LogP contribution is -2.25. The molecule has 0 aromatic carbocycles. The molecule has 0 bridgehead atoms. The van der Waals surface area contributed by atoms with Gasteiger partial charge in [0, 0.05) is 24.3 Å². The largest absolute Gasteiger partial charge is 0.351 e. The molecule has 1 N–H and O–H groups in total. The first-order valence-electron chi connectivity index (χ1n) is 4.99. The first kappa shape index (κ1) is 9.71. The maximum atomic E-state index is 5.89. The Hall–Kier alpha value is -0.830. The Morgan fingerprint density at radius 3 is 2.86 bits per heavy atom. The van der Waals surface area contributed by atoms with Gasteiger partial charge in [0.15, 0.2) is 0 Å². The normalized spacial score (nSPS) is 26.4. The molecule has 0 radical (unpaired) electrons. The van der Waals surface area contributed by atoms with Gasteiger partial charge in [0.2, 0.25) is 5.95 Å². The maximum Gasteiger partial charge on any atom is 0.222 e. The van der Waals surface area contributed by atoms with E-state index in [0.29, 0.717) is 12.0 Å². The summed E-state index contributed by atoms with van der Waals surface area (Å²) in [5.74, 6) is 2.01. The number of nitrogens with zero attached hydrogens (tertiary/aromatic N) is 2. The van der Waals surface area contributed by atoms with Crippen LogP contribution in [0.2, 0.25) is 0 Å². The predicted molar refractivity (Wildman–Crippen MR) is 57.5 cm³/mol. The van der Waals surface area contributed by atoms with Gasteiger partial charge in [-0.15, -0.1) is 11.6 Å². The van der Waals surface area contributed by atoms with Gasteiger partial charge in [0.25, 0.3) is 0 Å². The van der Waals surface area contributed by atoms with Crippen molar-refractivity contribution in [3.05, 3.63) is 18.5 Å². The predicted octanol–water partition coefficient (Wildman–Crippen LogP) is 2.30. The lowest BCUT2D eigenvalue weighted by Gasteiger charge is -2.18. The molecule has 76 valence electrons. The number of anilines is 1. The third-order valence-corrected chi connectivity index (χ3v) is 3.13. The van der Waals surface area contributed by atoms with Gasteiger partial charge in [-0.2, -0.15) is 0 Å². The van der Waals surface area contributed by atoms with Crippen LogP contribution >= 0.6 is 11.6 Å². The third-order valence-electron chi connectivity index (χ3n) is 2.74. The molecular weight excluding hydrogens is 198 g/mol. The number of halogens is 1. The van der Waals surface area contributed by atoms with E-state index in [1.54, 1.807) is 12.4 Å². The van der Waals surface area contributed by atoms with Gasteiger partial charge in [0.05, 0.1) is 0 Å². The summed E-state index contributed by atoms with van der Waals surface area (Å²) in [6.07, 6.45) is 7.14. The average Bonchev–Trinajstić information content (AvgIpc) is 2.67. The van der Waals surface area contributed by atoms with E-state index in [4.69, 9.17) is 11.6 Å². The van der Waals surface area contributed by atoms with Crippen molar-refractivity contribution in [2.75, 3.05) is 11.2 Å². The van der Waals surface area contributed by atoms with E-state index < -0.39 is 0 Å². The molecule has 1 aliphatic rings. The van der Waals surface area contributed by atoms with Crippen LogP contribution < -0.4 is 5.32 Å². The highest BCUT2D eigenvalue weighted by atomic mass is 35.5. The molecule has 1 aliphatic carbocycles. The number of hydrogen-bond acceptors (Lipinski definition) is 3. The van der Waals surface area contributed by atoms with Gasteiger partial charge in [0.1, 0.15) is 0 Å². The molecule has 4 heteroatoms.